The number of rotatable bonds is 10. The molecule has 0 aromatic heterocycles. The molecule has 0 unspecified atom stereocenters. The molecule has 3 saturated heterocycles. The van der Waals surface area contributed by atoms with Crippen molar-refractivity contribution in [2.45, 2.75) is 186 Å². The van der Waals surface area contributed by atoms with Crippen LogP contribution in [0.2, 0.25) is 0 Å². The molecule has 0 aromatic carbocycles. The van der Waals surface area contributed by atoms with Crippen LogP contribution in [0.3, 0.4) is 0 Å². The molecule has 0 radical (unpaired) electrons. The number of carbonyl (C=O) groups excluding carboxylic acids is 3. The van der Waals surface area contributed by atoms with Crippen molar-refractivity contribution < 1.29 is 78.2 Å². The first-order valence-electron chi connectivity index (χ1n) is 21.9. The number of hydrogen-bond acceptors (Lipinski definition) is 16. The summed E-state index contributed by atoms with van der Waals surface area (Å²) in [6.45, 7) is 15.4. The Morgan fingerprint density at radius 2 is 1.60 bits per heavy atom. The number of cyclic esters (lactones) is 2. The number of hydrogen-bond donors (Lipinski definition) is 6. The van der Waals surface area contributed by atoms with Crippen LogP contribution >= 0.6 is 0 Å². The van der Waals surface area contributed by atoms with Crippen LogP contribution in [0.25, 0.3) is 0 Å². The monoisotopic (exact) mass is 852 g/mol. The highest BCUT2D eigenvalue weighted by Gasteiger charge is 2.71. The van der Waals surface area contributed by atoms with Gasteiger partial charge in [0.25, 0.3) is 0 Å². The number of fused-ring (bicyclic) bond motifs is 4. The van der Waals surface area contributed by atoms with Crippen LogP contribution < -0.4 is 0 Å². The van der Waals surface area contributed by atoms with E-state index in [1.165, 1.54) is 13.8 Å². The molecule has 1 spiro atoms. The van der Waals surface area contributed by atoms with Gasteiger partial charge in [0.05, 0.1) is 31.8 Å². The third kappa shape index (κ3) is 7.55. The minimum atomic E-state index is -1.68. The summed E-state index contributed by atoms with van der Waals surface area (Å²) >= 11 is 0. The average Bonchev–Trinajstić information content (AvgIpc) is 3.73. The fourth-order valence-electron chi connectivity index (χ4n) is 13.6. The van der Waals surface area contributed by atoms with Gasteiger partial charge < -0.3 is 63.8 Å². The third-order valence-electron chi connectivity index (χ3n) is 16.8. The Kier molecular flexibility index (Phi) is 12.7. The van der Waals surface area contributed by atoms with Gasteiger partial charge in [0, 0.05) is 24.3 Å². The van der Waals surface area contributed by atoms with Crippen molar-refractivity contribution >= 4 is 17.9 Å². The van der Waals surface area contributed by atoms with Crippen LogP contribution in [-0.2, 0) is 47.5 Å². The molecule has 4 heterocycles. The average molecular weight is 853 g/mol. The van der Waals surface area contributed by atoms with Crippen LogP contribution in [0.5, 0.6) is 0 Å². The zero-order valence-corrected chi connectivity index (χ0v) is 36.2. The lowest BCUT2D eigenvalue weighted by Crippen LogP contribution is -2.67. The first-order chi connectivity index (χ1) is 28.1. The Balaban J connectivity index is 1.13. The van der Waals surface area contributed by atoms with E-state index in [-0.39, 0.29) is 59.5 Å². The summed E-state index contributed by atoms with van der Waals surface area (Å²) in [4.78, 5) is 38.1. The highest BCUT2D eigenvalue weighted by Crippen LogP contribution is 2.74. The molecular formula is C44H68O16. The number of ether oxygens (including phenoxy) is 7. The fourth-order valence-corrected chi connectivity index (χ4v) is 13.6. The van der Waals surface area contributed by atoms with Gasteiger partial charge in [-0.2, -0.15) is 0 Å². The maximum absolute atomic E-state index is 13.3. The first-order valence-corrected chi connectivity index (χ1v) is 21.9. The number of aliphatic hydroxyl groups excluding tert-OH is 6. The van der Waals surface area contributed by atoms with Crippen molar-refractivity contribution in [1.82, 2.24) is 0 Å². The SMILES string of the molecule is CC(=O)O[C@@H](C[C@@H]1C=C(C)C(=O)O1)[C@H](C)[C@H]1CC[C@H]2[C@@]3(C)CC[C@H](O[C@@H]4O[C@H](CO)[C@@H](O)[C@H](O)[C@H]4O[C@@H]4O[C@@H](C)[C@H](O)[C@@H](O)[C@H]4O)C(C)(C)[C@H]3CC[C@@]2(C)[C@@]12COC(=O)C2. The summed E-state index contributed by atoms with van der Waals surface area (Å²) in [5.74, 6) is -0.875. The van der Waals surface area contributed by atoms with Crippen LogP contribution in [-0.4, -0.2) is 141 Å². The van der Waals surface area contributed by atoms with E-state index in [0.29, 0.717) is 18.4 Å². The summed E-state index contributed by atoms with van der Waals surface area (Å²) in [6.07, 6.45) is -8.62. The standard InChI is InChI=1S/C44H68O16/c1-20-15-24(57-38(20)53)16-26(56-23(4)46)21(2)25-9-10-29-42(7)13-12-30(41(5,6)28(42)11-14-43(29,8)44(25)17-31(47)54-19-44)59-40-37(35(51)33(49)27(18-45)58-40)60-39-36(52)34(50)32(48)22(3)55-39/h15,21-22,24-30,32-37,39-40,45,48-52H,9-14,16-19H2,1-8H3/t21-,22+,24+,25-,26+,27-,28-,29+,30+,32+,33-,34-,35+,36-,37-,39+,40+,42+,43-,44+/m1/s1. The predicted molar refractivity (Wildman–Crippen MR) is 209 cm³/mol. The second-order valence-electron chi connectivity index (χ2n) is 20.3. The Morgan fingerprint density at radius 1 is 0.883 bits per heavy atom. The lowest BCUT2D eigenvalue weighted by Gasteiger charge is -2.70. The third-order valence-corrected chi connectivity index (χ3v) is 16.8. The fraction of sp³-hybridized carbons (Fsp3) is 0.886. The summed E-state index contributed by atoms with van der Waals surface area (Å²) in [6, 6.07) is 0. The Morgan fingerprint density at radius 3 is 2.22 bits per heavy atom. The van der Waals surface area contributed by atoms with Gasteiger partial charge >= 0.3 is 17.9 Å². The van der Waals surface area contributed by atoms with Gasteiger partial charge in [-0.25, -0.2) is 4.79 Å². The van der Waals surface area contributed by atoms with Gasteiger partial charge in [-0.1, -0.05) is 34.6 Å². The quantitative estimate of drug-likeness (QED) is 0.105. The van der Waals surface area contributed by atoms with Crippen LogP contribution in [0.15, 0.2) is 11.6 Å². The molecule has 4 aliphatic heterocycles. The van der Waals surface area contributed by atoms with E-state index in [9.17, 15) is 45.0 Å². The molecule has 6 N–H and O–H groups in total. The lowest BCUT2D eigenvalue weighted by atomic mass is 9.34. The molecule has 3 aliphatic carbocycles. The topological polar surface area (TPSA) is 237 Å². The summed E-state index contributed by atoms with van der Waals surface area (Å²) in [5.41, 5.74) is -0.995. The molecule has 6 fully saturated rings. The Bertz CT molecular complexity index is 1650. The second kappa shape index (κ2) is 16.7. The molecule has 0 amide bonds. The van der Waals surface area contributed by atoms with Crippen molar-refractivity contribution in [3.63, 3.8) is 0 Å². The van der Waals surface area contributed by atoms with Crippen LogP contribution in [0.4, 0.5) is 0 Å². The molecule has 0 bridgehead atoms. The van der Waals surface area contributed by atoms with E-state index in [4.69, 9.17) is 33.2 Å². The molecular weight excluding hydrogens is 784 g/mol. The largest absolute Gasteiger partial charge is 0.465 e. The van der Waals surface area contributed by atoms with E-state index in [1.54, 1.807) is 13.0 Å². The summed E-state index contributed by atoms with van der Waals surface area (Å²) in [7, 11) is 0. The van der Waals surface area contributed by atoms with E-state index in [0.717, 1.165) is 32.1 Å². The molecule has 3 saturated carbocycles. The van der Waals surface area contributed by atoms with Crippen molar-refractivity contribution in [1.29, 1.82) is 0 Å². The lowest BCUT2D eigenvalue weighted by molar-refractivity contribution is -0.376. The zero-order chi connectivity index (χ0) is 43.9. The maximum atomic E-state index is 13.3. The zero-order valence-electron chi connectivity index (χ0n) is 36.2. The number of aliphatic hydroxyl groups is 6. The minimum Gasteiger partial charge on any atom is -0.465 e. The highest BCUT2D eigenvalue weighted by molar-refractivity contribution is 5.90. The van der Waals surface area contributed by atoms with Gasteiger partial charge in [-0.15, -0.1) is 0 Å². The van der Waals surface area contributed by atoms with Crippen LogP contribution in [0.1, 0.15) is 107 Å². The van der Waals surface area contributed by atoms with Gasteiger partial charge in [0.2, 0.25) is 0 Å². The minimum absolute atomic E-state index is 0.0229. The molecule has 0 aromatic rings. The van der Waals surface area contributed by atoms with Gasteiger partial charge in [-0.3, -0.25) is 9.59 Å². The Hall–Kier alpha value is -2.25. The Labute approximate surface area is 352 Å². The first kappa shape index (κ1) is 45.8. The predicted octanol–water partition coefficient (Wildman–Crippen LogP) is 2.06. The van der Waals surface area contributed by atoms with E-state index in [1.807, 2.05) is 0 Å². The van der Waals surface area contributed by atoms with E-state index >= 15 is 0 Å². The molecule has 16 nitrogen and oxygen atoms in total. The highest BCUT2D eigenvalue weighted by atomic mass is 16.8. The van der Waals surface area contributed by atoms with Crippen molar-refractivity contribution in [3.8, 4) is 0 Å². The summed E-state index contributed by atoms with van der Waals surface area (Å²) < 4.78 is 42.1. The van der Waals surface area contributed by atoms with Gasteiger partial charge in [0.1, 0.15) is 54.9 Å². The molecule has 20 atom stereocenters. The van der Waals surface area contributed by atoms with Gasteiger partial charge in [0.15, 0.2) is 12.6 Å². The second-order valence-corrected chi connectivity index (χ2v) is 20.3. The van der Waals surface area contributed by atoms with Crippen molar-refractivity contribution in [2.24, 2.45) is 45.3 Å². The molecule has 7 aliphatic rings. The molecule has 7 rings (SSSR count). The van der Waals surface area contributed by atoms with Crippen molar-refractivity contribution in [3.05, 3.63) is 11.6 Å². The smallest absolute Gasteiger partial charge is 0.334 e. The van der Waals surface area contributed by atoms with E-state index < -0.39 is 103 Å². The number of esters is 3. The molecule has 16 heteroatoms. The van der Waals surface area contributed by atoms with E-state index in [2.05, 4.69) is 34.6 Å². The number of carbonyl (C=O) groups is 3. The van der Waals surface area contributed by atoms with Crippen LogP contribution in [0, 0.1) is 45.3 Å². The molecule has 60 heavy (non-hydrogen) atoms. The van der Waals surface area contributed by atoms with Crippen molar-refractivity contribution in [2.75, 3.05) is 13.2 Å². The normalized spacial score (nSPS) is 48.6. The summed E-state index contributed by atoms with van der Waals surface area (Å²) in [5, 5.41) is 63.8. The maximum Gasteiger partial charge on any atom is 0.334 e. The molecule has 340 valence electrons. The van der Waals surface area contributed by atoms with Gasteiger partial charge in [-0.05, 0) is 98.4 Å².